The summed E-state index contributed by atoms with van der Waals surface area (Å²) in [5.74, 6) is 0.343. The van der Waals surface area contributed by atoms with E-state index >= 15 is 0 Å². The number of benzene rings is 1. The van der Waals surface area contributed by atoms with Crippen molar-refractivity contribution in [3.8, 4) is 0 Å². The molecule has 1 fully saturated rings. The fourth-order valence-electron chi connectivity index (χ4n) is 4.50. The Bertz CT molecular complexity index is 1160. The van der Waals surface area contributed by atoms with Gasteiger partial charge >= 0.3 is 0 Å². The predicted molar refractivity (Wildman–Crippen MR) is 116 cm³/mol. The van der Waals surface area contributed by atoms with Gasteiger partial charge in [0.1, 0.15) is 11.6 Å². The molecular weight excluding hydrogens is 415 g/mol. The van der Waals surface area contributed by atoms with Crippen molar-refractivity contribution in [3.05, 3.63) is 85.5 Å². The smallest absolute Gasteiger partial charge is 0.264 e. The van der Waals surface area contributed by atoms with Crippen LogP contribution in [0.25, 0.3) is 0 Å². The quantitative estimate of drug-likeness (QED) is 0.677. The van der Waals surface area contributed by atoms with Crippen LogP contribution in [-0.4, -0.2) is 38.8 Å². The molecule has 160 valence electrons. The van der Waals surface area contributed by atoms with E-state index in [4.69, 9.17) is 4.98 Å². The highest BCUT2D eigenvalue weighted by atomic mass is 32.1. The topological polar surface area (TPSA) is 69.3 Å². The molecule has 0 spiro atoms. The SMILES string of the molecule is O=C(c1cccs1)N1CCCC1c1nc2c(c(=O)[nH]1)CN(Cc1ccccc1F)CC2. The molecule has 0 bridgehead atoms. The lowest BCUT2D eigenvalue weighted by atomic mass is 10.0. The van der Waals surface area contributed by atoms with Crippen molar-refractivity contribution in [2.24, 2.45) is 0 Å². The van der Waals surface area contributed by atoms with Crippen LogP contribution in [-0.2, 0) is 19.5 Å². The Morgan fingerprint density at radius 3 is 2.90 bits per heavy atom. The van der Waals surface area contributed by atoms with E-state index in [1.807, 2.05) is 28.5 Å². The zero-order chi connectivity index (χ0) is 21.4. The Morgan fingerprint density at radius 1 is 1.23 bits per heavy atom. The minimum Gasteiger partial charge on any atom is -0.328 e. The van der Waals surface area contributed by atoms with Gasteiger partial charge in [0.05, 0.1) is 22.2 Å². The molecule has 1 amide bonds. The van der Waals surface area contributed by atoms with E-state index in [2.05, 4.69) is 9.88 Å². The van der Waals surface area contributed by atoms with Crippen LogP contribution in [0.3, 0.4) is 0 Å². The van der Waals surface area contributed by atoms with Gasteiger partial charge < -0.3 is 9.88 Å². The van der Waals surface area contributed by atoms with Crippen molar-refractivity contribution >= 4 is 17.2 Å². The van der Waals surface area contributed by atoms with E-state index in [1.54, 1.807) is 12.1 Å². The maximum absolute atomic E-state index is 14.0. The van der Waals surface area contributed by atoms with Crippen LogP contribution in [0.1, 0.15) is 51.2 Å². The van der Waals surface area contributed by atoms with Crippen molar-refractivity contribution in [2.75, 3.05) is 13.1 Å². The van der Waals surface area contributed by atoms with Gasteiger partial charge in [-0.15, -0.1) is 11.3 Å². The summed E-state index contributed by atoms with van der Waals surface area (Å²) in [5.41, 5.74) is 1.90. The number of H-pyrrole nitrogens is 1. The number of fused-ring (bicyclic) bond motifs is 1. The third-order valence-corrected chi connectivity index (χ3v) is 6.94. The van der Waals surface area contributed by atoms with Crippen LogP contribution < -0.4 is 5.56 Å². The van der Waals surface area contributed by atoms with Gasteiger partial charge in [0, 0.05) is 38.2 Å². The maximum atomic E-state index is 14.0. The fourth-order valence-corrected chi connectivity index (χ4v) is 5.18. The summed E-state index contributed by atoms with van der Waals surface area (Å²) in [4.78, 5) is 38.1. The first-order valence-corrected chi connectivity index (χ1v) is 11.4. The first-order valence-electron chi connectivity index (χ1n) is 10.5. The summed E-state index contributed by atoms with van der Waals surface area (Å²) in [6, 6.07) is 10.2. The predicted octanol–water partition coefficient (Wildman–Crippen LogP) is 3.51. The van der Waals surface area contributed by atoms with Crippen molar-refractivity contribution in [2.45, 2.75) is 38.4 Å². The maximum Gasteiger partial charge on any atom is 0.264 e. The van der Waals surface area contributed by atoms with E-state index < -0.39 is 0 Å². The van der Waals surface area contributed by atoms with Crippen molar-refractivity contribution < 1.29 is 9.18 Å². The lowest BCUT2D eigenvalue weighted by molar-refractivity contribution is 0.0734. The standard InChI is InChI=1S/C23H23FN4O2S/c24-17-6-2-1-5-15(17)13-27-11-9-18-16(14-27)22(29)26-21(25-18)19-7-3-10-28(19)23(30)20-8-4-12-31-20/h1-2,4-6,8,12,19H,3,7,9-11,13-14H2,(H,25,26,29). The molecule has 4 heterocycles. The number of carbonyl (C=O) groups is 1. The zero-order valence-electron chi connectivity index (χ0n) is 17.0. The van der Waals surface area contributed by atoms with Crippen LogP contribution in [0.5, 0.6) is 0 Å². The van der Waals surface area contributed by atoms with E-state index in [1.165, 1.54) is 17.4 Å². The van der Waals surface area contributed by atoms with Crippen LogP contribution in [0.15, 0.2) is 46.6 Å². The van der Waals surface area contributed by atoms with Crippen LogP contribution in [0.2, 0.25) is 0 Å². The molecule has 3 aromatic rings. The molecule has 0 radical (unpaired) electrons. The fraction of sp³-hybridized carbons (Fsp3) is 0.348. The van der Waals surface area contributed by atoms with E-state index in [0.717, 1.165) is 18.5 Å². The largest absolute Gasteiger partial charge is 0.328 e. The Balaban J connectivity index is 1.37. The van der Waals surface area contributed by atoms with Gasteiger partial charge in [0.2, 0.25) is 0 Å². The average Bonchev–Trinajstić information content (AvgIpc) is 3.48. The van der Waals surface area contributed by atoms with Gasteiger partial charge in [-0.2, -0.15) is 0 Å². The molecule has 1 aromatic carbocycles. The molecule has 0 aliphatic carbocycles. The summed E-state index contributed by atoms with van der Waals surface area (Å²) in [7, 11) is 0. The number of aromatic amines is 1. The number of nitrogens with zero attached hydrogens (tertiary/aromatic N) is 3. The third-order valence-electron chi connectivity index (χ3n) is 6.08. The molecule has 31 heavy (non-hydrogen) atoms. The summed E-state index contributed by atoms with van der Waals surface area (Å²) >= 11 is 1.43. The molecule has 5 rings (SSSR count). The lowest BCUT2D eigenvalue weighted by Gasteiger charge is -2.29. The molecule has 2 aliphatic rings. The normalized spacial score (nSPS) is 18.9. The van der Waals surface area contributed by atoms with Crippen molar-refractivity contribution in [1.82, 2.24) is 19.8 Å². The highest BCUT2D eigenvalue weighted by Gasteiger charge is 2.34. The average molecular weight is 439 g/mol. The summed E-state index contributed by atoms with van der Waals surface area (Å²) in [5, 5.41) is 1.89. The molecule has 1 saturated heterocycles. The Hall–Kier alpha value is -2.84. The minimum atomic E-state index is -0.229. The van der Waals surface area contributed by atoms with Crippen LogP contribution in [0, 0.1) is 5.82 Å². The molecule has 1 N–H and O–H groups in total. The van der Waals surface area contributed by atoms with Gasteiger partial charge in [-0.1, -0.05) is 24.3 Å². The number of rotatable bonds is 4. The molecule has 2 aromatic heterocycles. The highest BCUT2D eigenvalue weighted by molar-refractivity contribution is 7.12. The number of carbonyl (C=O) groups excluding carboxylic acids is 1. The van der Waals surface area contributed by atoms with Crippen molar-refractivity contribution in [3.63, 3.8) is 0 Å². The Labute approximate surface area is 183 Å². The third kappa shape index (κ3) is 3.93. The van der Waals surface area contributed by atoms with Gasteiger partial charge in [0.15, 0.2) is 0 Å². The lowest BCUT2D eigenvalue weighted by Crippen LogP contribution is -2.37. The first kappa shape index (κ1) is 20.1. The van der Waals surface area contributed by atoms with Gasteiger partial charge in [-0.25, -0.2) is 9.37 Å². The molecule has 2 aliphatic heterocycles. The van der Waals surface area contributed by atoms with Crippen LogP contribution in [0.4, 0.5) is 4.39 Å². The second kappa shape index (κ2) is 8.36. The minimum absolute atomic E-state index is 0.00562. The highest BCUT2D eigenvalue weighted by Crippen LogP contribution is 2.32. The van der Waals surface area contributed by atoms with Crippen LogP contribution >= 0.6 is 11.3 Å². The first-order chi connectivity index (χ1) is 15.1. The van der Waals surface area contributed by atoms with E-state index in [9.17, 15) is 14.0 Å². The molecule has 6 nitrogen and oxygen atoms in total. The molecule has 1 unspecified atom stereocenters. The second-order valence-corrected chi connectivity index (χ2v) is 9.01. The summed E-state index contributed by atoms with van der Waals surface area (Å²) < 4.78 is 14.0. The number of hydrogen-bond acceptors (Lipinski definition) is 5. The molecule has 1 atom stereocenters. The molecule has 0 saturated carbocycles. The number of aromatic nitrogens is 2. The second-order valence-electron chi connectivity index (χ2n) is 8.06. The zero-order valence-corrected chi connectivity index (χ0v) is 17.8. The number of amides is 1. The molecule has 8 heteroatoms. The van der Waals surface area contributed by atoms with Crippen molar-refractivity contribution in [1.29, 1.82) is 0 Å². The number of hydrogen-bond donors (Lipinski definition) is 1. The summed E-state index contributed by atoms with van der Waals surface area (Å²) in [6.45, 7) is 2.27. The Morgan fingerprint density at radius 2 is 2.10 bits per heavy atom. The number of nitrogens with one attached hydrogen (secondary N) is 1. The summed E-state index contributed by atoms with van der Waals surface area (Å²) in [6.07, 6.45) is 2.31. The molecular formula is C23H23FN4O2S. The van der Waals surface area contributed by atoms with E-state index in [-0.39, 0.29) is 23.3 Å². The monoisotopic (exact) mass is 438 g/mol. The van der Waals surface area contributed by atoms with Gasteiger partial charge in [0.25, 0.3) is 11.5 Å². The van der Waals surface area contributed by atoms with E-state index in [0.29, 0.717) is 54.4 Å². The van der Waals surface area contributed by atoms with Gasteiger partial charge in [-0.05, 0) is 30.4 Å². The number of thiophene rings is 1. The number of halogens is 1. The van der Waals surface area contributed by atoms with Gasteiger partial charge in [-0.3, -0.25) is 14.5 Å². The Kier molecular flexibility index (Phi) is 5.41. The number of likely N-dealkylation sites (tertiary alicyclic amines) is 1.